The van der Waals surface area contributed by atoms with Crippen molar-refractivity contribution in [2.45, 2.75) is 25.4 Å². The molecule has 10 heteroatoms. The normalized spacial score (nSPS) is 15.2. The summed E-state index contributed by atoms with van der Waals surface area (Å²) in [5.41, 5.74) is 7.23. The van der Waals surface area contributed by atoms with Crippen LogP contribution in [0, 0.1) is 0 Å². The molecule has 0 spiro atoms. The predicted octanol–water partition coefficient (Wildman–Crippen LogP) is 5.54. The summed E-state index contributed by atoms with van der Waals surface area (Å²) in [7, 11) is 0. The Bertz CT molecular complexity index is 1480. The number of anilines is 2. The molecule has 0 unspecified atom stereocenters. The Hall–Kier alpha value is -4.60. The van der Waals surface area contributed by atoms with Crippen LogP contribution < -0.4 is 15.8 Å². The first kappa shape index (κ1) is 25.1. The number of rotatable bonds is 6. The first-order chi connectivity index (χ1) is 18.3. The van der Waals surface area contributed by atoms with Crippen LogP contribution in [0.2, 0.25) is 0 Å². The van der Waals surface area contributed by atoms with Crippen molar-refractivity contribution < 1.29 is 22.8 Å². The standard InChI is InChI=1S/C28H24F3N5O2/c1-2-35-25(37)16-22(23-17-32-36(27(23)35)20-11-4-3-5-12-20)21-13-6-7-14-24(21)33-34-26(38)18-9-8-10-19(15-18)28(29,30)31/h3-15,17,22,33H,2,16H2,1H3,(H,34,38)/t22-/m0/s1. The number of halogens is 3. The number of hydrogen-bond acceptors (Lipinski definition) is 4. The largest absolute Gasteiger partial charge is 0.416 e. The number of benzene rings is 3. The number of amides is 2. The smallest absolute Gasteiger partial charge is 0.298 e. The molecule has 1 aliphatic heterocycles. The fourth-order valence-corrected chi connectivity index (χ4v) is 4.69. The van der Waals surface area contributed by atoms with E-state index in [1.807, 2.05) is 49.4 Å². The molecule has 3 aromatic carbocycles. The summed E-state index contributed by atoms with van der Waals surface area (Å²) in [5, 5.41) is 4.59. The van der Waals surface area contributed by atoms with Gasteiger partial charge in [0.05, 0.1) is 23.1 Å². The van der Waals surface area contributed by atoms with Gasteiger partial charge >= 0.3 is 6.18 Å². The van der Waals surface area contributed by atoms with E-state index in [9.17, 15) is 22.8 Å². The molecule has 0 aliphatic carbocycles. The quantitative estimate of drug-likeness (QED) is 0.328. The summed E-state index contributed by atoms with van der Waals surface area (Å²) < 4.78 is 41.0. The van der Waals surface area contributed by atoms with Crippen LogP contribution in [0.3, 0.4) is 0 Å². The zero-order valence-electron chi connectivity index (χ0n) is 20.4. The first-order valence-electron chi connectivity index (χ1n) is 12.0. The average Bonchev–Trinajstić information content (AvgIpc) is 3.36. The van der Waals surface area contributed by atoms with Gasteiger partial charge in [0.15, 0.2) is 0 Å². The number of fused-ring (bicyclic) bond motifs is 1. The molecule has 1 aromatic heterocycles. The van der Waals surface area contributed by atoms with Crippen molar-refractivity contribution in [2.75, 3.05) is 16.9 Å². The van der Waals surface area contributed by atoms with E-state index in [1.54, 1.807) is 27.9 Å². The molecule has 0 bridgehead atoms. The third kappa shape index (κ3) is 4.72. The molecule has 5 rings (SSSR count). The Morgan fingerprint density at radius 2 is 1.74 bits per heavy atom. The molecule has 0 fully saturated rings. The highest BCUT2D eigenvalue weighted by Gasteiger charge is 2.36. The van der Waals surface area contributed by atoms with E-state index in [1.165, 1.54) is 12.1 Å². The van der Waals surface area contributed by atoms with Crippen molar-refractivity contribution >= 4 is 23.3 Å². The Morgan fingerprint density at radius 1 is 1.00 bits per heavy atom. The van der Waals surface area contributed by atoms with Crippen LogP contribution in [0.25, 0.3) is 5.69 Å². The third-order valence-electron chi connectivity index (χ3n) is 6.50. The lowest BCUT2D eigenvalue weighted by atomic mass is 9.85. The summed E-state index contributed by atoms with van der Waals surface area (Å²) in [6.07, 6.45) is -2.61. The fraction of sp³-hybridized carbons (Fsp3) is 0.179. The number of hydrazine groups is 1. The average molecular weight is 520 g/mol. The van der Waals surface area contributed by atoms with E-state index in [4.69, 9.17) is 0 Å². The van der Waals surface area contributed by atoms with E-state index in [0.717, 1.165) is 28.9 Å². The molecule has 2 heterocycles. The first-order valence-corrected chi connectivity index (χ1v) is 12.0. The third-order valence-corrected chi connectivity index (χ3v) is 6.50. The van der Waals surface area contributed by atoms with E-state index in [0.29, 0.717) is 18.1 Å². The Balaban J connectivity index is 1.46. The lowest BCUT2D eigenvalue weighted by Gasteiger charge is -2.32. The summed E-state index contributed by atoms with van der Waals surface area (Å²) in [4.78, 5) is 27.6. The molecule has 2 amide bonds. The second-order valence-electron chi connectivity index (χ2n) is 8.81. The van der Waals surface area contributed by atoms with Gasteiger partial charge in [0.1, 0.15) is 5.82 Å². The van der Waals surface area contributed by atoms with Crippen LogP contribution in [0.4, 0.5) is 24.7 Å². The fourth-order valence-electron chi connectivity index (χ4n) is 4.69. The Morgan fingerprint density at radius 3 is 2.47 bits per heavy atom. The Kier molecular flexibility index (Phi) is 6.62. The monoisotopic (exact) mass is 519 g/mol. The molecule has 194 valence electrons. The number of nitrogens with one attached hydrogen (secondary N) is 2. The van der Waals surface area contributed by atoms with Crippen molar-refractivity contribution in [3.05, 3.63) is 107 Å². The minimum absolute atomic E-state index is 0.0644. The van der Waals surface area contributed by atoms with Gasteiger partial charge in [-0.05, 0) is 48.9 Å². The number of alkyl halides is 3. The number of para-hydroxylation sites is 2. The molecule has 2 N–H and O–H groups in total. The highest BCUT2D eigenvalue weighted by molar-refractivity contribution is 5.97. The van der Waals surface area contributed by atoms with E-state index in [2.05, 4.69) is 16.0 Å². The number of carbonyl (C=O) groups excluding carboxylic acids is 2. The van der Waals surface area contributed by atoms with Crippen LogP contribution in [-0.4, -0.2) is 28.1 Å². The van der Waals surface area contributed by atoms with Crippen molar-refractivity contribution in [2.24, 2.45) is 0 Å². The topological polar surface area (TPSA) is 79.3 Å². The molecule has 1 atom stereocenters. The highest BCUT2D eigenvalue weighted by Crippen LogP contribution is 2.43. The molecule has 0 saturated heterocycles. The van der Waals surface area contributed by atoms with E-state index in [-0.39, 0.29) is 23.8 Å². The maximum atomic E-state index is 13.2. The molecule has 4 aromatic rings. The van der Waals surface area contributed by atoms with Gasteiger partial charge in [-0.2, -0.15) is 18.3 Å². The highest BCUT2D eigenvalue weighted by atomic mass is 19.4. The lowest BCUT2D eigenvalue weighted by Crippen LogP contribution is -2.38. The van der Waals surface area contributed by atoms with Gasteiger partial charge < -0.3 is 0 Å². The lowest BCUT2D eigenvalue weighted by molar-refractivity contribution is -0.137. The summed E-state index contributed by atoms with van der Waals surface area (Å²) in [6, 6.07) is 20.9. The van der Waals surface area contributed by atoms with Gasteiger partial charge in [-0.3, -0.25) is 25.3 Å². The van der Waals surface area contributed by atoms with Gasteiger partial charge in [0, 0.05) is 30.0 Å². The number of aromatic nitrogens is 2. The minimum Gasteiger partial charge on any atom is -0.298 e. The summed E-state index contributed by atoms with van der Waals surface area (Å²) in [6.45, 7) is 2.38. The number of nitrogens with zero attached hydrogens (tertiary/aromatic N) is 3. The van der Waals surface area contributed by atoms with Crippen LogP contribution in [0.15, 0.2) is 85.1 Å². The maximum absolute atomic E-state index is 13.2. The van der Waals surface area contributed by atoms with Crippen LogP contribution in [-0.2, 0) is 11.0 Å². The van der Waals surface area contributed by atoms with Gasteiger partial charge in [0.25, 0.3) is 5.91 Å². The molecule has 1 aliphatic rings. The van der Waals surface area contributed by atoms with Gasteiger partial charge in [-0.1, -0.05) is 42.5 Å². The zero-order valence-corrected chi connectivity index (χ0v) is 20.4. The molecular weight excluding hydrogens is 495 g/mol. The van der Waals surface area contributed by atoms with Gasteiger partial charge in [-0.15, -0.1) is 0 Å². The van der Waals surface area contributed by atoms with Crippen molar-refractivity contribution in [1.82, 2.24) is 15.2 Å². The second kappa shape index (κ2) is 10.0. The van der Waals surface area contributed by atoms with Crippen molar-refractivity contribution in [3.8, 4) is 5.69 Å². The predicted molar refractivity (Wildman–Crippen MR) is 137 cm³/mol. The van der Waals surface area contributed by atoms with E-state index < -0.39 is 17.6 Å². The zero-order chi connectivity index (χ0) is 26.9. The van der Waals surface area contributed by atoms with Crippen molar-refractivity contribution in [3.63, 3.8) is 0 Å². The molecular formula is C28H24F3N5O2. The molecule has 0 radical (unpaired) electrons. The maximum Gasteiger partial charge on any atom is 0.416 e. The number of carbonyl (C=O) groups is 2. The van der Waals surface area contributed by atoms with Crippen molar-refractivity contribution in [1.29, 1.82) is 0 Å². The van der Waals surface area contributed by atoms with Gasteiger partial charge in [-0.25, -0.2) is 4.68 Å². The molecule has 7 nitrogen and oxygen atoms in total. The molecule has 0 saturated carbocycles. The van der Waals surface area contributed by atoms with Crippen LogP contribution in [0.1, 0.15) is 46.3 Å². The van der Waals surface area contributed by atoms with Gasteiger partial charge in [0.2, 0.25) is 5.91 Å². The second-order valence-corrected chi connectivity index (χ2v) is 8.81. The van der Waals surface area contributed by atoms with E-state index >= 15 is 0 Å². The summed E-state index contributed by atoms with van der Waals surface area (Å²) >= 11 is 0. The molecule has 38 heavy (non-hydrogen) atoms. The number of hydrogen-bond donors (Lipinski definition) is 2. The Labute approximate surface area is 216 Å². The van der Waals surface area contributed by atoms with Crippen LogP contribution >= 0.6 is 0 Å². The summed E-state index contributed by atoms with van der Waals surface area (Å²) in [5.74, 6) is -0.458. The minimum atomic E-state index is -4.56. The SMILES string of the molecule is CCN1C(=O)C[C@@H](c2ccccc2NNC(=O)c2cccc(C(F)(F)F)c2)c2cnn(-c3ccccc3)c21. The van der Waals surface area contributed by atoms with Crippen LogP contribution in [0.5, 0.6) is 0 Å².